The second-order valence-corrected chi connectivity index (χ2v) is 4.77. The van der Waals surface area contributed by atoms with Crippen LogP contribution in [0, 0.1) is 0 Å². The van der Waals surface area contributed by atoms with E-state index in [0.717, 1.165) is 0 Å². The van der Waals surface area contributed by atoms with Gasteiger partial charge in [0, 0.05) is 31.3 Å². The second-order valence-electron chi connectivity index (χ2n) is 4.77. The van der Waals surface area contributed by atoms with E-state index in [2.05, 4.69) is 19.9 Å². The first-order valence-corrected chi connectivity index (χ1v) is 6.87. The summed E-state index contributed by atoms with van der Waals surface area (Å²) in [4.78, 5) is 29.5. The average Bonchev–Trinajstić information content (AvgIpc) is 2.54. The number of aromatic nitrogens is 4. The molecule has 8 nitrogen and oxygen atoms in total. The Balaban J connectivity index is 2.01. The third-order valence-corrected chi connectivity index (χ3v) is 3.04. The quantitative estimate of drug-likeness (QED) is 0.703. The van der Waals surface area contributed by atoms with E-state index >= 15 is 0 Å². The molecule has 1 atom stereocenters. The molecule has 0 aromatic carbocycles. The van der Waals surface area contributed by atoms with E-state index in [1.165, 1.54) is 0 Å². The lowest BCUT2D eigenvalue weighted by atomic mass is 10.2. The molecule has 8 heteroatoms. The van der Waals surface area contributed by atoms with Crippen LogP contribution in [-0.2, 0) is 17.9 Å². The van der Waals surface area contributed by atoms with Crippen LogP contribution in [0.5, 0.6) is 0 Å². The van der Waals surface area contributed by atoms with Crippen molar-refractivity contribution in [3.8, 4) is 0 Å². The van der Waals surface area contributed by atoms with Crippen LogP contribution < -0.4 is 5.73 Å². The molecule has 0 aliphatic rings. The molecule has 3 N–H and O–H groups in total. The van der Waals surface area contributed by atoms with Gasteiger partial charge in [0.1, 0.15) is 17.7 Å². The number of nitrogens with two attached hydrogens (primary N) is 1. The molecule has 2 aromatic heterocycles. The second kappa shape index (κ2) is 8.11. The zero-order valence-corrected chi connectivity index (χ0v) is 12.0. The minimum absolute atomic E-state index is 0.328. The Morgan fingerprint density at radius 3 is 1.91 bits per heavy atom. The van der Waals surface area contributed by atoms with E-state index in [0.29, 0.717) is 37.7 Å². The van der Waals surface area contributed by atoms with E-state index in [1.54, 1.807) is 36.9 Å². The number of aliphatic carboxylic acids is 1. The van der Waals surface area contributed by atoms with Gasteiger partial charge in [0.25, 0.3) is 0 Å². The van der Waals surface area contributed by atoms with Crippen molar-refractivity contribution in [1.29, 1.82) is 0 Å². The van der Waals surface area contributed by atoms with Crippen molar-refractivity contribution in [2.75, 3.05) is 6.54 Å². The Bertz CT molecular complexity index is 539. The van der Waals surface area contributed by atoms with Gasteiger partial charge in [0.05, 0.1) is 13.1 Å². The van der Waals surface area contributed by atoms with Crippen LogP contribution in [0.3, 0.4) is 0 Å². The molecule has 116 valence electrons. The van der Waals surface area contributed by atoms with Gasteiger partial charge >= 0.3 is 5.97 Å². The van der Waals surface area contributed by atoms with Crippen molar-refractivity contribution in [2.24, 2.45) is 5.73 Å². The summed E-state index contributed by atoms with van der Waals surface area (Å²) in [6.07, 6.45) is 7.01. The predicted molar refractivity (Wildman–Crippen MR) is 78.4 cm³/mol. The van der Waals surface area contributed by atoms with Gasteiger partial charge in [-0.1, -0.05) is 0 Å². The monoisotopic (exact) mass is 302 g/mol. The summed E-state index contributed by atoms with van der Waals surface area (Å²) in [6.45, 7) is 1.45. The molecule has 0 aliphatic heterocycles. The van der Waals surface area contributed by atoms with Crippen LogP contribution in [0.4, 0.5) is 0 Å². The number of hydrogen-bond acceptors (Lipinski definition) is 7. The maximum atomic E-state index is 10.8. The van der Waals surface area contributed by atoms with E-state index in [1.807, 2.05) is 4.90 Å². The van der Waals surface area contributed by atoms with Gasteiger partial charge in [-0.2, -0.15) is 0 Å². The normalized spacial score (nSPS) is 12.3. The van der Waals surface area contributed by atoms with Crippen LogP contribution in [0.1, 0.15) is 18.1 Å². The van der Waals surface area contributed by atoms with Crippen molar-refractivity contribution in [3.05, 3.63) is 48.6 Å². The van der Waals surface area contributed by atoms with Gasteiger partial charge in [0.2, 0.25) is 0 Å². The van der Waals surface area contributed by atoms with Crippen molar-refractivity contribution in [3.63, 3.8) is 0 Å². The lowest BCUT2D eigenvalue weighted by molar-refractivity contribution is -0.138. The Labute approximate surface area is 128 Å². The first-order chi connectivity index (χ1) is 10.6. The van der Waals surface area contributed by atoms with Gasteiger partial charge in [0.15, 0.2) is 0 Å². The Morgan fingerprint density at radius 1 is 1.05 bits per heavy atom. The number of nitrogens with zero attached hydrogens (tertiary/aromatic N) is 5. The standard InChI is InChI=1S/C14H18N6O2/c15-11(14(21)22)3-8-20(9-12-16-4-1-5-17-12)10-13-18-6-2-7-19-13/h1-2,4-7,11H,3,8-10,15H2,(H,21,22)/t11-/m0/s1. The fourth-order valence-electron chi connectivity index (χ4n) is 1.88. The molecule has 2 rings (SSSR count). The Morgan fingerprint density at radius 2 is 1.50 bits per heavy atom. The summed E-state index contributed by atoms with van der Waals surface area (Å²) < 4.78 is 0. The maximum Gasteiger partial charge on any atom is 0.320 e. The van der Waals surface area contributed by atoms with Crippen LogP contribution in [-0.4, -0.2) is 48.5 Å². The third-order valence-electron chi connectivity index (χ3n) is 3.04. The van der Waals surface area contributed by atoms with Gasteiger partial charge in [-0.25, -0.2) is 19.9 Å². The largest absolute Gasteiger partial charge is 0.480 e. The summed E-state index contributed by atoms with van der Waals surface area (Å²) in [5, 5.41) is 8.88. The van der Waals surface area contributed by atoms with E-state index in [4.69, 9.17) is 10.8 Å². The van der Waals surface area contributed by atoms with Gasteiger partial charge in [-0.3, -0.25) is 9.69 Å². The lowest BCUT2D eigenvalue weighted by Crippen LogP contribution is -2.35. The Kier molecular flexibility index (Phi) is 5.87. The molecular formula is C14H18N6O2. The summed E-state index contributed by atoms with van der Waals surface area (Å²) in [7, 11) is 0. The highest BCUT2D eigenvalue weighted by Gasteiger charge is 2.16. The maximum absolute atomic E-state index is 10.8. The number of rotatable bonds is 8. The van der Waals surface area contributed by atoms with Crippen LogP contribution in [0.15, 0.2) is 36.9 Å². The lowest BCUT2D eigenvalue weighted by Gasteiger charge is -2.21. The van der Waals surface area contributed by atoms with E-state index < -0.39 is 12.0 Å². The van der Waals surface area contributed by atoms with E-state index in [-0.39, 0.29) is 0 Å². The minimum Gasteiger partial charge on any atom is -0.480 e. The zero-order valence-electron chi connectivity index (χ0n) is 12.0. The highest BCUT2D eigenvalue weighted by atomic mass is 16.4. The van der Waals surface area contributed by atoms with Crippen molar-refractivity contribution < 1.29 is 9.90 Å². The first-order valence-electron chi connectivity index (χ1n) is 6.87. The molecule has 0 saturated heterocycles. The summed E-state index contributed by atoms with van der Waals surface area (Å²) >= 11 is 0. The molecule has 0 saturated carbocycles. The molecule has 2 aromatic rings. The fourth-order valence-corrected chi connectivity index (χ4v) is 1.88. The topological polar surface area (TPSA) is 118 Å². The molecule has 0 amide bonds. The number of carbonyl (C=O) groups is 1. The molecule has 0 radical (unpaired) electrons. The molecule has 0 aliphatic carbocycles. The van der Waals surface area contributed by atoms with Crippen molar-refractivity contribution >= 4 is 5.97 Å². The summed E-state index contributed by atoms with van der Waals surface area (Å²) in [5.41, 5.74) is 5.56. The molecule has 0 fully saturated rings. The number of carboxylic acid groups (broad SMARTS) is 1. The molecule has 22 heavy (non-hydrogen) atoms. The number of carboxylic acids is 1. The van der Waals surface area contributed by atoms with Gasteiger partial charge in [-0.05, 0) is 18.6 Å². The smallest absolute Gasteiger partial charge is 0.320 e. The van der Waals surface area contributed by atoms with Gasteiger partial charge < -0.3 is 10.8 Å². The van der Waals surface area contributed by atoms with Crippen molar-refractivity contribution in [1.82, 2.24) is 24.8 Å². The van der Waals surface area contributed by atoms with Crippen LogP contribution in [0.2, 0.25) is 0 Å². The molecule has 0 unspecified atom stereocenters. The molecule has 0 spiro atoms. The van der Waals surface area contributed by atoms with Crippen molar-refractivity contribution in [2.45, 2.75) is 25.6 Å². The molecule has 2 heterocycles. The zero-order chi connectivity index (χ0) is 15.8. The Hall–Kier alpha value is -2.45. The minimum atomic E-state index is -1.01. The van der Waals surface area contributed by atoms with Crippen LogP contribution >= 0.6 is 0 Å². The SMILES string of the molecule is N[C@@H](CCN(Cc1ncccn1)Cc1ncccn1)C(=O)O. The average molecular weight is 302 g/mol. The van der Waals surface area contributed by atoms with Gasteiger partial charge in [-0.15, -0.1) is 0 Å². The molecular weight excluding hydrogens is 284 g/mol. The summed E-state index contributed by atoms with van der Waals surface area (Å²) in [6, 6.07) is 2.60. The van der Waals surface area contributed by atoms with Crippen LogP contribution in [0.25, 0.3) is 0 Å². The highest BCUT2D eigenvalue weighted by Crippen LogP contribution is 2.05. The first kappa shape index (κ1) is 15.9. The van der Waals surface area contributed by atoms with E-state index in [9.17, 15) is 4.79 Å². The predicted octanol–water partition coefficient (Wildman–Crippen LogP) is 0.0708. The summed E-state index contributed by atoms with van der Waals surface area (Å²) in [5.74, 6) is 0.302. The molecule has 0 bridgehead atoms. The third kappa shape index (κ3) is 5.15. The fraction of sp³-hybridized carbons (Fsp3) is 0.357. The highest BCUT2D eigenvalue weighted by molar-refractivity contribution is 5.72. The number of hydrogen-bond donors (Lipinski definition) is 2.